The van der Waals surface area contributed by atoms with Gasteiger partial charge in [0.15, 0.2) is 5.82 Å². The van der Waals surface area contributed by atoms with E-state index in [-0.39, 0.29) is 0 Å². The fourth-order valence-corrected chi connectivity index (χ4v) is 4.68. The summed E-state index contributed by atoms with van der Waals surface area (Å²) in [6, 6.07) is 10.2. The summed E-state index contributed by atoms with van der Waals surface area (Å²) in [4.78, 5) is 14.7. The predicted octanol–water partition coefficient (Wildman–Crippen LogP) is 5.76. The minimum Gasteiger partial charge on any atom is -0.478 e. The first-order chi connectivity index (χ1) is 14.8. The highest BCUT2D eigenvalue weighted by molar-refractivity contribution is 7.99. The molecule has 1 fully saturated rings. The normalized spacial score (nSPS) is 13.6. The molecule has 0 atom stereocenters. The lowest BCUT2D eigenvalue weighted by atomic mass is 10.3. The van der Waals surface area contributed by atoms with Gasteiger partial charge in [-0.2, -0.15) is 10.1 Å². The van der Waals surface area contributed by atoms with Crippen molar-refractivity contribution in [2.45, 2.75) is 48.4 Å². The molecule has 7 nitrogen and oxygen atoms in total. The number of hydrogen-bond donors (Lipinski definition) is 2. The summed E-state index contributed by atoms with van der Waals surface area (Å²) < 4.78 is 7.04. The molecule has 4 aromatic rings. The number of aromatic nitrogens is 5. The van der Waals surface area contributed by atoms with Crippen LogP contribution in [0.5, 0.6) is 5.88 Å². The van der Waals surface area contributed by atoms with E-state index in [2.05, 4.69) is 49.5 Å². The number of fused-ring (bicyclic) bond motifs is 1. The molecule has 5 rings (SSSR count). The molecule has 9 heteroatoms. The number of nitrogens with zero attached hydrogens (tertiary/aromatic N) is 4. The van der Waals surface area contributed by atoms with Crippen LogP contribution < -0.4 is 10.1 Å². The Labute approximate surface area is 182 Å². The van der Waals surface area contributed by atoms with Crippen molar-refractivity contribution in [2.75, 3.05) is 11.9 Å². The number of unbranched alkanes of at least 4 members (excludes halogenated alkanes) is 1. The first kappa shape index (κ1) is 19.3. The number of anilines is 2. The van der Waals surface area contributed by atoms with Crippen molar-refractivity contribution in [2.24, 2.45) is 0 Å². The zero-order chi connectivity index (χ0) is 20.3. The van der Waals surface area contributed by atoms with E-state index >= 15 is 0 Å². The Balaban J connectivity index is 1.39. The maximum absolute atomic E-state index is 5.87. The van der Waals surface area contributed by atoms with Gasteiger partial charge in [-0.1, -0.05) is 25.1 Å². The summed E-state index contributed by atoms with van der Waals surface area (Å²) in [7, 11) is 0. The molecule has 30 heavy (non-hydrogen) atoms. The standard InChI is InChI=1S/C21H22N6OS2/c1-2-3-8-28-19-11-20(30-14-6-7-15-17(9-14)29-12-22-15)25-21(24-19)23-18-10-16(26-27-18)13-4-5-13/h6-7,9-13H,2-5,8H2,1H3,(H2,23,24,25,26,27). The highest BCUT2D eigenvalue weighted by Gasteiger charge is 2.25. The molecule has 3 aromatic heterocycles. The Morgan fingerprint density at radius 2 is 2.17 bits per heavy atom. The second-order valence-electron chi connectivity index (χ2n) is 7.26. The zero-order valence-corrected chi connectivity index (χ0v) is 18.2. The molecule has 0 saturated heterocycles. The number of rotatable bonds is 9. The molecule has 0 unspecified atom stereocenters. The van der Waals surface area contributed by atoms with Crippen LogP contribution in [-0.4, -0.2) is 31.8 Å². The highest BCUT2D eigenvalue weighted by atomic mass is 32.2. The molecule has 1 aliphatic carbocycles. The van der Waals surface area contributed by atoms with Crippen molar-refractivity contribution in [1.29, 1.82) is 0 Å². The van der Waals surface area contributed by atoms with Gasteiger partial charge in [0.2, 0.25) is 11.8 Å². The van der Waals surface area contributed by atoms with Gasteiger partial charge in [-0.3, -0.25) is 5.10 Å². The van der Waals surface area contributed by atoms with Crippen LogP contribution in [0.1, 0.15) is 44.2 Å². The Bertz CT molecular complexity index is 1150. The molecule has 1 saturated carbocycles. The average molecular weight is 439 g/mol. The van der Waals surface area contributed by atoms with Gasteiger partial charge in [-0.25, -0.2) is 9.97 Å². The average Bonchev–Trinajstić information content (AvgIpc) is 3.30. The van der Waals surface area contributed by atoms with Crippen LogP contribution in [0, 0.1) is 0 Å². The van der Waals surface area contributed by atoms with Gasteiger partial charge in [-0.15, -0.1) is 11.3 Å². The number of H-pyrrole nitrogens is 1. The van der Waals surface area contributed by atoms with E-state index in [4.69, 9.17) is 4.74 Å². The van der Waals surface area contributed by atoms with E-state index in [1.165, 1.54) is 18.5 Å². The Kier molecular flexibility index (Phi) is 5.54. The fourth-order valence-electron chi connectivity index (χ4n) is 3.05. The summed E-state index contributed by atoms with van der Waals surface area (Å²) in [6.07, 6.45) is 4.51. The van der Waals surface area contributed by atoms with Gasteiger partial charge in [0.1, 0.15) is 5.03 Å². The third-order valence-electron chi connectivity index (χ3n) is 4.81. The van der Waals surface area contributed by atoms with E-state index in [0.717, 1.165) is 38.8 Å². The van der Waals surface area contributed by atoms with Gasteiger partial charge >= 0.3 is 0 Å². The lowest BCUT2D eigenvalue weighted by Gasteiger charge is -2.09. The van der Waals surface area contributed by atoms with E-state index in [9.17, 15) is 0 Å². The van der Waals surface area contributed by atoms with Gasteiger partial charge in [0, 0.05) is 28.6 Å². The van der Waals surface area contributed by atoms with Crippen LogP contribution in [0.25, 0.3) is 10.2 Å². The van der Waals surface area contributed by atoms with Crippen molar-refractivity contribution in [3.63, 3.8) is 0 Å². The molecule has 1 aliphatic rings. The molecule has 0 bridgehead atoms. The monoisotopic (exact) mass is 438 g/mol. The molecular formula is C21H22N6OS2. The first-order valence-corrected chi connectivity index (χ1v) is 11.8. The topological polar surface area (TPSA) is 88.6 Å². The maximum atomic E-state index is 5.87. The van der Waals surface area contributed by atoms with Crippen molar-refractivity contribution in [3.05, 3.63) is 41.5 Å². The second kappa shape index (κ2) is 8.61. The molecule has 0 spiro atoms. The maximum Gasteiger partial charge on any atom is 0.232 e. The van der Waals surface area contributed by atoms with E-state index in [1.807, 2.05) is 23.7 Å². The van der Waals surface area contributed by atoms with Crippen molar-refractivity contribution < 1.29 is 4.74 Å². The number of nitrogens with one attached hydrogen (secondary N) is 2. The van der Waals surface area contributed by atoms with E-state index in [0.29, 0.717) is 24.4 Å². The molecule has 0 radical (unpaired) electrons. The first-order valence-electron chi connectivity index (χ1n) is 10.1. The van der Waals surface area contributed by atoms with Gasteiger partial charge in [0.05, 0.1) is 22.3 Å². The largest absolute Gasteiger partial charge is 0.478 e. The Morgan fingerprint density at radius 3 is 3.03 bits per heavy atom. The number of ether oxygens (including phenoxy) is 1. The lowest BCUT2D eigenvalue weighted by Crippen LogP contribution is -2.03. The highest BCUT2D eigenvalue weighted by Crippen LogP contribution is 2.39. The zero-order valence-electron chi connectivity index (χ0n) is 16.6. The smallest absolute Gasteiger partial charge is 0.232 e. The van der Waals surface area contributed by atoms with E-state index in [1.54, 1.807) is 23.1 Å². The van der Waals surface area contributed by atoms with Gasteiger partial charge < -0.3 is 10.1 Å². The van der Waals surface area contributed by atoms with E-state index < -0.39 is 0 Å². The summed E-state index contributed by atoms with van der Waals surface area (Å²) in [5.41, 5.74) is 4.05. The van der Waals surface area contributed by atoms with Crippen LogP contribution in [0.2, 0.25) is 0 Å². The molecule has 1 aromatic carbocycles. The van der Waals surface area contributed by atoms with Crippen LogP contribution in [-0.2, 0) is 0 Å². The number of hydrogen-bond acceptors (Lipinski definition) is 8. The van der Waals surface area contributed by atoms with Crippen molar-refractivity contribution in [1.82, 2.24) is 25.1 Å². The van der Waals surface area contributed by atoms with Crippen molar-refractivity contribution >= 4 is 45.1 Å². The third kappa shape index (κ3) is 4.57. The SMILES string of the molecule is CCCCOc1cc(Sc2ccc3ncsc3c2)nc(Nc2cc(C3CC3)[nH]n2)n1. The summed E-state index contributed by atoms with van der Waals surface area (Å²) in [5.74, 6) is 2.40. The molecule has 0 aliphatic heterocycles. The molecular weight excluding hydrogens is 416 g/mol. The van der Waals surface area contributed by atoms with Gasteiger partial charge in [0.25, 0.3) is 0 Å². The van der Waals surface area contributed by atoms with Crippen molar-refractivity contribution in [3.8, 4) is 5.88 Å². The predicted molar refractivity (Wildman–Crippen MR) is 120 cm³/mol. The minimum atomic E-state index is 0.485. The van der Waals surface area contributed by atoms with Crippen LogP contribution in [0.15, 0.2) is 45.8 Å². The quantitative estimate of drug-likeness (QED) is 0.254. The summed E-state index contributed by atoms with van der Waals surface area (Å²) in [6.45, 7) is 2.78. The fraction of sp³-hybridized carbons (Fsp3) is 0.333. The van der Waals surface area contributed by atoms with Crippen LogP contribution >= 0.6 is 23.1 Å². The summed E-state index contributed by atoms with van der Waals surface area (Å²) >= 11 is 3.22. The Morgan fingerprint density at radius 1 is 1.23 bits per heavy atom. The minimum absolute atomic E-state index is 0.485. The number of aromatic amines is 1. The molecule has 154 valence electrons. The van der Waals surface area contributed by atoms with Gasteiger partial charge in [-0.05, 0) is 37.5 Å². The number of benzene rings is 1. The van der Waals surface area contributed by atoms with Crippen LogP contribution in [0.4, 0.5) is 11.8 Å². The molecule has 2 N–H and O–H groups in total. The lowest BCUT2D eigenvalue weighted by molar-refractivity contribution is 0.296. The third-order valence-corrected chi connectivity index (χ3v) is 6.51. The summed E-state index contributed by atoms with van der Waals surface area (Å²) in [5, 5.41) is 11.5. The van der Waals surface area contributed by atoms with Crippen LogP contribution in [0.3, 0.4) is 0 Å². The number of thiazole rings is 1. The molecule has 3 heterocycles. The second-order valence-corrected chi connectivity index (χ2v) is 9.24. The molecule has 0 amide bonds. The Hall–Kier alpha value is -2.65.